The van der Waals surface area contributed by atoms with Gasteiger partial charge in [-0.2, -0.15) is 0 Å². The molecule has 1 amide bonds. The van der Waals surface area contributed by atoms with Crippen molar-refractivity contribution in [1.29, 1.82) is 5.41 Å². The van der Waals surface area contributed by atoms with E-state index in [1.807, 2.05) is 36.5 Å². The van der Waals surface area contributed by atoms with E-state index in [0.717, 1.165) is 16.5 Å². The van der Waals surface area contributed by atoms with Crippen molar-refractivity contribution in [3.05, 3.63) is 81.1 Å². The van der Waals surface area contributed by atoms with Gasteiger partial charge in [0.25, 0.3) is 5.91 Å². The van der Waals surface area contributed by atoms with E-state index in [-0.39, 0.29) is 17.6 Å². The summed E-state index contributed by atoms with van der Waals surface area (Å²) in [5.41, 5.74) is 8.03. The zero-order chi connectivity index (χ0) is 21.3. The molecular weight excluding hydrogens is 420 g/mol. The molecule has 0 aliphatic rings. The van der Waals surface area contributed by atoms with Gasteiger partial charge in [-0.15, -0.1) is 11.3 Å². The second kappa shape index (κ2) is 8.22. The van der Waals surface area contributed by atoms with Crippen LogP contribution in [0.25, 0.3) is 10.8 Å². The van der Waals surface area contributed by atoms with Crippen LogP contribution < -0.4 is 11.1 Å². The fourth-order valence-corrected chi connectivity index (χ4v) is 4.24. The molecule has 5 N–H and O–H groups in total. The number of nitrogens with one attached hydrogen (secondary N) is 2. The van der Waals surface area contributed by atoms with Crippen LogP contribution in [-0.2, 0) is 13.0 Å². The van der Waals surface area contributed by atoms with E-state index in [1.165, 1.54) is 11.3 Å². The minimum absolute atomic E-state index is 0.122. The highest BCUT2D eigenvalue weighted by Gasteiger charge is 2.15. The highest BCUT2D eigenvalue weighted by Crippen LogP contribution is 2.33. The maximum Gasteiger partial charge on any atom is 0.265 e. The molecule has 30 heavy (non-hydrogen) atoms. The van der Waals surface area contributed by atoms with Gasteiger partial charge in [0.1, 0.15) is 0 Å². The predicted octanol–water partition coefficient (Wildman–Crippen LogP) is 4.84. The van der Waals surface area contributed by atoms with E-state index >= 15 is 0 Å². The lowest BCUT2D eigenvalue weighted by Crippen LogP contribution is -2.12. The van der Waals surface area contributed by atoms with Gasteiger partial charge in [0, 0.05) is 23.4 Å². The molecule has 0 spiro atoms. The van der Waals surface area contributed by atoms with E-state index in [0.29, 0.717) is 33.3 Å². The second-order valence-electron chi connectivity index (χ2n) is 6.92. The van der Waals surface area contributed by atoms with Crippen LogP contribution >= 0.6 is 22.9 Å². The quantitative estimate of drug-likeness (QED) is 0.255. The molecule has 0 radical (unpaired) electrons. The fraction of sp³-hybridized carbons (Fsp3) is 0.0909. The number of aromatic hydroxyl groups is 1. The number of hydrogen-bond donors (Lipinski definition) is 4. The Hall–Kier alpha value is -3.29. The van der Waals surface area contributed by atoms with Crippen LogP contribution in [-0.4, -0.2) is 21.4 Å². The molecule has 2 aromatic carbocycles. The highest BCUT2D eigenvalue weighted by molar-refractivity contribution is 7.18. The summed E-state index contributed by atoms with van der Waals surface area (Å²) in [6, 6.07) is 16.5. The minimum Gasteiger partial charge on any atom is -0.494 e. The Labute approximate surface area is 182 Å². The summed E-state index contributed by atoms with van der Waals surface area (Å²) in [6.45, 7) is 0.467. The number of anilines is 1. The number of thiophene rings is 1. The monoisotopic (exact) mass is 438 g/mol. The molecule has 152 valence electrons. The molecule has 2 heterocycles. The molecule has 0 aliphatic carbocycles. The first kappa shape index (κ1) is 20.0. The summed E-state index contributed by atoms with van der Waals surface area (Å²) >= 11 is 7.14. The lowest BCUT2D eigenvalue weighted by molar-refractivity contribution is 0.103. The lowest BCUT2D eigenvalue weighted by Gasteiger charge is -2.06. The van der Waals surface area contributed by atoms with Gasteiger partial charge in [-0.3, -0.25) is 10.2 Å². The van der Waals surface area contributed by atoms with Crippen molar-refractivity contribution in [3.8, 4) is 5.88 Å². The van der Waals surface area contributed by atoms with Crippen molar-refractivity contribution in [2.75, 3.05) is 5.32 Å². The summed E-state index contributed by atoms with van der Waals surface area (Å²) in [5.74, 6) is 0.0113. The van der Waals surface area contributed by atoms with Crippen molar-refractivity contribution in [2.45, 2.75) is 13.0 Å². The van der Waals surface area contributed by atoms with E-state index in [2.05, 4.69) is 5.32 Å². The van der Waals surface area contributed by atoms with Crippen molar-refractivity contribution in [3.63, 3.8) is 0 Å². The lowest BCUT2D eigenvalue weighted by atomic mass is 10.1. The summed E-state index contributed by atoms with van der Waals surface area (Å²) in [5, 5.41) is 22.4. The number of carbonyl (C=O) groups is 1. The average molecular weight is 439 g/mol. The molecule has 0 saturated heterocycles. The first-order chi connectivity index (χ1) is 14.4. The molecule has 0 bridgehead atoms. The van der Waals surface area contributed by atoms with Crippen LogP contribution in [0, 0.1) is 5.41 Å². The third kappa shape index (κ3) is 4.17. The van der Waals surface area contributed by atoms with Gasteiger partial charge in [0.15, 0.2) is 5.88 Å². The van der Waals surface area contributed by atoms with Crippen LogP contribution in [0.5, 0.6) is 5.88 Å². The van der Waals surface area contributed by atoms with Gasteiger partial charge in [-0.05, 0) is 35.4 Å². The predicted molar refractivity (Wildman–Crippen MR) is 122 cm³/mol. The zero-order valence-corrected chi connectivity index (χ0v) is 17.4. The molecule has 6 nitrogen and oxygen atoms in total. The SMILES string of the molecule is N=C(N)Cc1ccc(Cn2cc3c(NC(=O)c4ccc(Cl)s4)cccc3c2O)cc1. The van der Waals surface area contributed by atoms with Crippen molar-refractivity contribution in [1.82, 2.24) is 4.57 Å². The topological polar surface area (TPSA) is 104 Å². The molecular formula is C22H19ClN4O2S. The number of amidine groups is 1. The third-order valence-electron chi connectivity index (χ3n) is 4.72. The molecule has 2 aromatic heterocycles. The Kier molecular flexibility index (Phi) is 5.48. The Morgan fingerprint density at radius 2 is 1.83 bits per heavy atom. The first-order valence-electron chi connectivity index (χ1n) is 9.19. The number of carbonyl (C=O) groups excluding carboxylic acids is 1. The molecule has 0 saturated carbocycles. The van der Waals surface area contributed by atoms with Crippen molar-refractivity contribution in [2.24, 2.45) is 5.73 Å². The molecule has 4 rings (SSSR count). The Balaban J connectivity index is 1.59. The molecule has 0 atom stereocenters. The number of benzene rings is 2. The van der Waals surface area contributed by atoms with Crippen molar-refractivity contribution < 1.29 is 9.90 Å². The van der Waals surface area contributed by atoms with Gasteiger partial charge in [0.2, 0.25) is 0 Å². The van der Waals surface area contributed by atoms with Crippen LogP contribution in [0.3, 0.4) is 0 Å². The van der Waals surface area contributed by atoms with Crippen LogP contribution in [0.2, 0.25) is 4.34 Å². The Bertz CT molecular complexity index is 1240. The molecule has 4 aromatic rings. The summed E-state index contributed by atoms with van der Waals surface area (Å²) in [7, 11) is 0. The zero-order valence-electron chi connectivity index (χ0n) is 15.9. The molecule has 0 unspecified atom stereocenters. The van der Waals surface area contributed by atoms with Gasteiger partial charge >= 0.3 is 0 Å². The standard InChI is InChI=1S/C22H19ClN4O2S/c23-19-9-8-18(30-19)21(28)26-17-3-1-2-15-16(17)12-27(22(15)29)11-14-6-4-13(5-7-14)10-20(24)25/h1-9,12,29H,10-11H2,(H3,24,25)(H,26,28). The highest BCUT2D eigenvalue weighted by atomic mass is 35.5. The van der Waals surface area contributed by atoms with E-state index in [1.54, 1.807) is 28.8 Å². The number of fused-ring (bicyclic) bond motifs is 1. The number of nitrogens with two attached hydrogens (primary N) is 1. The molecule has 0 fully saturated rings. The Morgan fingerprint density at radius 1 is 1.10 bits per heavy atom. The van der Waals surface area contributed by atoms with E-state index in [9.17, 15) is 9.90 Å². The smallest absolute Gasteiger partial charge is 0.265 e. The van der Waals surface area contributed by atoms with E-state index < -0.39 is 0 Å². The van der Waals surface area contributed by atoms with Gasteiger partial charge < -0.3 is 20.7 Å². The maximum absolute atomic E-state index is 12.5. The van der Waals surface area contributed by atoms with Gasteiger partial charge in [-0.25, -0.2) is 0 Å². The fourth-order valence-electron chi connectivity index (χ4n) is 3.30. The van der Waals surface area contributed by atoms with E-state index in [4.69, 9.17) is 22.7 Å². The number of nitrogens with zero attached hydrogens (tertiary/aromatic N) is 1. The number of amides is 1. The van der Waals surface area contributed by atoms with Crippen LogP contribution in [0.1, 0.15) is 20.8 Å². The minimum atomic E-state index is -0.243. The second-order valence-corrected chi connectivity index (χ2v) is 8.64. The number of hydrogen-bond acceptors (Lipinski definition) is 4. The summed E-state index contributed by atoms with van der Waals surface area (Å²) in [4.78, 5) is 13.0. The van der Waals surface area contributed by atoms with Crippen molar-refractivity contribution >= 4 is 51.1 Å². The van der Waals surface area contributed by atoms with Gasteiger partial charge in [0.05, 0.1) is 27.3 Å². The first-order valence-corrected chi connectivity index (χ1v) is 10.4. The number of rotatable bonds is 6. The van der Waals surface area contributed by atoms with Crippen LogP contribution in [0.15, 0.2) is 60.8 Å². The normalized spacial score (nSPS) is 11.0. The third-order valence-corrected chi connectivity index (χ3v) is 5.95. The Morgan fingerprint density at radius 3 is 2.50 bits per heavy atom. The molecule has 8 heteroatoms. The largest absolute Gasteiger partial charge is 0.494 e. The summed E-state index contributed by atoms with van der Waals surface area (Å²) < 4.78 is 2.29. The average Bonchev–Trinajstić information content (AvgIpc) is 3.28. The molecule has 0 aliphatic heterocycles. The summed E-state index contributed by atoms with van der Waals surface area (Å²) in [6.07, 6.45) is 2.24. The maximum atomic E-state index is 12.5. The van der Waals surface area contributed by atoms with Gasteiger partial charge in [-0.1, -0.05) is 41.9 Å². The number of aromatic nitrogens is 1. The number of halogens is 1. The van der Waals surface area contributed by atoms with Crippen LogP contribution in [0.4, 0.5) is 5.69 Å².